The van der Waals surface area contributed by atoms with Gasteiger partial charge in [-0.2, -0.15) is 0 Å². The van der Waals surface area contributed by atoms with Crippen LogP contribution in [-0.2, 0) is 20.9 Å². The number of rotatable bonds is 5. The molecule has 1 unspecified atom stereocenters. The van der Waals surface area contributed by atoms with E-state index in [0.717, 1.165) is 12.0 Å². The minimum absolute atomic E-state index is 0.539. The molecule has 0 aromatic heterocycles. The van der Waals surface area contributed by atoms with E-state index in [0.29, 0.717) is 0 Å². The van der Waals surface area contributed by atoms with Crippen LogP contribution in [0.4, 0.5) is 0 Å². The first-order valence-electron chi connectivity index (χ1n) is 13.0. The van der Waals surface area contributed by atoms with Gasteiger partial charge in [0.2, 0.25) is 0 Å². The van der Waals surface area contributed by atoms with Gasteiger partial charge in [-0.05, 0) is 11.1 Å². The molecule has 1 nitrogen and oxygen atoms in total. The molecule has 2 aromatic rings. The molecule has 0 heterocycles. The van der Waals surface area contributed by atoms with Crippen molar-refractivity contribution >= 4 is 5.98 Å². The van der Waals surface area contributed by atoms with E-state index in [1.54, 1.807) is 16.7 Å². The van der Waals surface area contributed by atoms with E-state index >= 15 is 0 Å². The Bertz CT molecular complexity index is 887. The van der Waals surface area contributed by atoms with E-state index in [1.165, 1.54) is 49.7 Å². The first-order chi connectivity index (χ1) is 15.9. The van der Waals surface area contributed by atoms with Gasteiger partial charge < -0.3 is 0 Å². The standard InChI is InChI=1S/C12H10.C9H13.C7H14N.C2H7Si.Hf/c1-3-7-11(8-4-1)12-9-5-2-6-10-12;1-6-5-7(2)9(4)8(6)3;8-7-5-3-1-2-4-6-7;1-3-2;/h1-10H;6H,1-4H3;7-8H,1-6H2;3H,1-2H3;/q;;-1;;+1. The van der Waals surface area contributed by atoms with Crippen LogP contribution < -0.4 is 3.30 Å². The topological polar surface area (TPSA) is 12.0 Å². The van der Waals surface area contributed by atoms with Gasteiger partial charge in [0, 0.05) is 0 Å². The summed E-state index contributed by atoms with van der Waals surface area (Å²) >= 11 is -1.78. The van der Waals surface area contributed by atoms with Crippen molar-refractivity contribution in [3.8, 4) is 11.1 Å². The normalized spacial score (nSPS) is 19.4. The summed E-state index contributed by atoms with van der Waals surface area (Å²) in [7, 11) is 0. The maximum atomic E-state index is 4.33. The van der Waals surface area contributed by atoms with E-state index in [-0.39, 0.29) is 0 Å². The summed E-state index contributed by atoms with van der Waals surface area (Å²) in [6.45, 7) is 14.8. The first-order valence-corrected chi connectivity index (χ1v) is 25.7. The summed E-state index contributed by atoms with van der Waals surface area (Å²) < 4.78 is 6.27. The number of benzene rings is 2. The molecule has 0 saturated heterocycles. The SMILES string of the molecule is CC1=C(C)C(C)[C]([Hf]([NH]C2CCCCCC2)[SiH](C)C)=C1C.c1ccc(-c2ccccc2)cc1. The molecule has 1 fully saturated rings. The molecular formula is C30H44HfNSi. The largest absolute Gasteiger partial charge is 0.0622 e. The van der Waals surface area contributed by atoms with Crippen molar-refractivity contribution in [1.29, 1.82) is 0 Å². The summed E-state index contributed by atoms with van der Waals surface area (Å²) in [6, 6.07) is 21.6. The fourth-order valence-corrected chi connectivity index (χ4v) is 30.0. The summed E-state index contributed by atoms with van der Waals surface area (Å²) in [6.07, 6.45) is 8.74. The average molecular weight is 625 g/mol. The molecule has 1 saturated carbocycles. The van der Waals surface area contributed by atoms with Gasteiger partial charge in [-0.15, -0.1) is 0 Å². The molecule has 0 bridgehead atoms. The van der Waals surface area contributed by atoms with Gasteiger partial charge in [0.05, 0.1) is 0 Å². The van der Waals surface area contributed by atoms with Crippen LogP contribution in [0.1, 0.15) is 66.2 Å². The second-order valence-electron chi connectivity index (χ2n) is 10.2. The van der Waals surface area contributed by atoms with Gasteiger partial charge in [0.15, 0.2) is 0 Å². The van der Waals surface area contributed by atoms with E-state index in [9.17, 15) is 0 Å². The van der Waals surface area contributed by atoms with E-state index in [4.69, 9.17) is 0 Å². The van der Waals surface area contributed by atoms with Crippen molar-refractivity contribution < 1.29 is 20.9 Å². The molecule has 0 radical (unpaired) electrons. The molecule has 0 amide bonds. The molecular weight excluding hydrogens is 581 g/mol. The number of hydrogen-bond donors (Lipinski definition) is 1. The van der Waals surface area contributed by atoms with Crippen molar-refractivity contribution in [2.45, 2.75) is 85.4 Å². The van der Waals surface area contributed by atoms with Crippen LogP contribution >= 0.6 is 0 Å². The molecule has 0 spiro atoms. The Kier molecular flexibility index (Phi) is 10.6. The Morgan fingerprint density at radius 1 is 0.727 bits per heavy atom. The first kappa shape index (κ1) is 26.6. The molecule has 2 aromatic carbocycles. The Hall–Kier alpha value is -1.03. The van der Waals surface area contributed by atoms with Gasteiger partial charge in [-0.25, -0.2) is 0 Å². The molecule has 177 valence electrons. The second kappa shape index (κ2) is 13.2. The van der Waals surface area contributed by atoms with Crippen LogP contribution in [0.15, 0.2) is 80.7 Å². The Balaban J connectivity index is 0.000000215. The molecule has 2 aliphatic rings. The minimum Gasteiger partial charge on any atom is -0.0622 e. The Morgan fingerprint density at radius 3 is 1.61 bits per heavy atom. The number of nitrogens with one attached hydrogen (secondary N) is 1. The van der Waals surface area contributed by atoms with Crippen molar-refractivity contribution in [3.05, 3.63) is 80.7 Å². The van der Waals surface area contributed by atoms with Crippen LogP contribution in [0.25, 0.3) is 11.1 Å². The van der Waals surface area contributed by atoms with Crippen molar-refractivity contribution in [3.63, 3.8) is 0 Å². The molecule has 2 aliphatic carbocycles. The zero-order chi connectivity index (χ0) is 23.8. The predicted octanol–water partition coefficient (Wildman–Crippen LogP) is 8.43. The Morgan fingerprint density at radius 2 is 1.21 bits per heavy atom. The predicted molar refractivity (Wildman–Crippen MR) is 146 cm³/mol. The zero-order valence-electron chi connectivity index (χ0n) is 21.7. The second-order valence-corrected chi connectivity index (χ2v) is 35.6. The summed E-state index contributed by atoms with van der Waals surface area (Å²) in [5.74, 6) is 0.212. The summed E-state index contributed by atoms with van der Waals surface area (Å²) in [5.41, 5.74) is 7.50. The summed E-state index contributed by atoms with van der Waals surface area (Å²) in [4.78, 5) is 0. The van der Waals surface area contributed by atoms with Gasteiger partial charge in [-0.1, -0.05) is 60.7 Å². The van der Waals surface area contributed by atoms with Crippen LogP contribution in [0.3, 0.4) is 0 Å². The quantitative estimate of drug-likeness (QED) is 0.260. The van der Waals surface area contributed by atoms with Crippen LogP contribution in [0.2, 0.25) is 13.1 Å². The maximum absolute atomic E-state index is 4.33. The van der Waals surface area contributed by atoms with E-state index in [1.807, 2.05) is 15.5 Å². The molecule has 1 atom stereocenters. The average Bonchev–Trinajstić information content (AvgIpc) is 3.04. The van der Waals surface area contributed by atoms with Gasteiger partial charge in [-0.3, -0.25) is 0 Å². The third-order valence-electron chi connectivity index (χ3n) is 7.60. The molecule has 1 N–H and O–H groups in total. The number of hydrogen-bond acceptors (Lipinski definition) is 1. The fourth-order valence-electron chi connectivity index (χ4n) is 5.26. The van der Waals surface area contributed by atoms with E-state index < -0.39 is 26.9 Å². The third-order valence-corrected chi connectivity index (χ3v) is 32.7. The smallest absolute Gasteiger partial charge is 0.0184 e. The maximum Gasteiger partial charge on any atom is -0.0184 e. The summed E-state index contributed by atoms with van der Waals surface area (Å²) in [5, 5.41) is 0. The monoisotopic (exact) mass is 626 g/mol. The third kappa shape index (κ3) is 7.23. The molecule has 4 rings (SSSR count). The van der Waals surface area contributed by atoms with Crippen LogP contribution in [-0.4, -0.2) is 12.0 Å². The van der Waals surface area contributed by atoms with Crippen molar-refractivity contribution in [2.75, 3.05) is 0 Å². The molecule has 0 aliphatic heterocycles. The van der Waals surface area contributed by atoms with Crippen LogP contribution in [0, 0.1) is 5.92 Å². The van der Waals surface area contributed by atoms with E-state index in [2.05, 4.69) is 92.6 Å². The molecule has 33 heavy (non-hydrogen) atoms. The van der Waals surface area contributed by atoms with Crippen LogP contribution in [0.5, 0.6) is 0 Å². The van der Waals surface area contributed by atoms with Gasteiger partial charge >= 0.3 is 142 Å². The zero-order valence-corrected chi connectivity index (χ0v) is 26.5. The molecule has 3 heteroatoms. The fraction of sp³-hybridized carbons (Fsp3) is 0.467. The van der Waals surface area contributed by atoms with Crippen molar-refractivity contribution in [2.24, 2.45) is 5.92 Å². The Labute approximate surface area is 212 Å². The van der Waals surface area contributed by atoms with Gasteiger partial charge in [0.25, 0.3) is 0 Å². The number of allylic oxidation sites excluding steroid dienone is 4. The minimum atomic E-state index is -1.78. The van der Waals surface area contributed by atoms with Gasteiger partial charge in [0.1, 0.15) is 0 Å². The van der Waals surface area contributed by atoms with Crippen molar-refractivity contribution in [1.82, 2.24) is 3.30 Å².